The maximum atomic E-state index is 11.4. The van der Waals surface area contributed by atoms with E-state index in [0.29, 0.717) is 13.0 Å². The van der Waals surface area contributed by atoms with Crippen LogP contribution in [0.4, 0.5) is 0 Å². The molecule has 98 valence electrons. The molecule has 6 heteroatoms. The van der Waals surface area contributed by atoms with E-state index in [0.717, 1.165) is 35.0 Å². The second kappa shape index (κ2) is 9.71. The average Bonchev–Trinajstić information content (AvgIpc) is 2.68. The molecule has 17 heavy (non-hydrogen) atoms. The normalized spacial score (nSPS) is 9.76. The molecule has 0 saturated carbocycles. The molecule has 0 aliphatic rings. The minimum absolute atomic E-state index is 0. The van der Waals surface area contributed by atoms with Crippen molar-refractivity contribution in [3.8, 4) is 0 Å². The predicted octanol–water partition coefficient (Wildman–Crippen LogP) is 2.61. The van der Waals surface area contributed by atoms with E-state index in [-0.39, 0.29) is 18.3 Å². The zero-order chi connectivity index (χ0) is 11.8. The molecule has 1 rings (SSSR count). The van der Waals surface area contributed by atoms with Crippen LogP contribution < -0.4 is 11.1 Å². The van der Waals surface area contributed by atoms with Gasteiger partial charge >= 0.3 is 0 Å². The number of halogens is 2. The van der Waals surface area contributed by atoms with Crippen molar-refractivity contribution >= 4 is 41.3 Å². The molecule has 0 aliphatic heterocycles. The minimum Gasteiger partial charge on any atom is -0.356 e. The molecular weight excluding hydrogens is 279 g/mol. The van der Waals surface area contributed by atoms with Gasteiger partial charge in [-0.3, -0.25) is 4.79 Å². The summed E-state index contributed by atoms with van der Waals surface area (Å²) in [6.45, 7) is 1.41. The highest BCUT2D eigenvalue weighted by Crippen LogP contribution is 2.22. The van der Waals surface area contributed by atoms with E-state index >= 15 is 0 Å². The Labute approximate surface area is 117 Å². The predicted molar refractivity (Wildman–Crippen MR) is 76.2 cm³/mol. The van der Waals surface area contributed by atoms with Crippen LogP contribution in [0.15, 0.2) is 12.1 Å². The second-order valence-electron chi connectivity index (χ2n) is 3.55. The molecule has 0 radical (unpaired) electrons. The summed E-state index contributed by atoms with van der Waals surface area (Å²) in [7, 11) is 0. The maximum absolute atomic E-state index is 11.4. The fourth-order valence-corrected chi connectivity index (χ4v) is 2.40. The highest BCUT2D eigenvalue weighted by Gasteiger charge is 2.03. The number of thiophene rings is 1. The number of rotatable bonds is 7. The molecule has 0 spiro atoms. The lowest BCUT2D eigenvalue weighted by atomic mass is 10.2. The third-order valence-corrected chi connectivity index (χ3v) is 3.47. The van der Waals surface area contributed by atoms with Gasteiger partial charge in [0.1, 0.15) is 0 Å². The van der Waals surface area contributed by atoms with Crippen molar-refractivity contribution in [2.75, 3.05) is 13.1 Å². The second-order valence-corrected chi connectivity index (χ2v) is 5.35. The van der Waals surface area contributed by atoms with Gasteiger partial charge in [-0.25, -0.2) is 0 Å². The van der Waals surface area contributed by atoms with Crippen molar-refractivity contribution in [2.45, 2.75) is 25.7 Å². The zero-order valence-corrected chi connectivity index (χ0v) is 12.0. The summed E-state index contributed by atoms with van der Waals surface area (Å²) in [6, 6.07) is 3.83. The molecule has 1 aromatic heterocycles. The minimum atomic E-state index is 0. The van der Waals surface area contributed by atoms with E-state index in [1.165, 1.54) is 11.3 Å². The lowest BCUT2D eigenvalue weighted by molar-refractivity contribution is -0.121. The van der Waals surface area contributed by atoms with Gasteiger partial charge in [-0.05, 0) is 37.9 Å². The van der Waals surface area contributed by atoms with E-state index in [9.17, 15) is 4.79 Å². The molecule has 0 saturated heterocycles. The molecule has 1 heterocycles. The first-order valence-corrected chi connectivity index (χ1v) is 6.63. The van der Waals surface area contributed by atoms with Crippen molar-refractivity contribution in [3.05, 3.63) is 21.3 Å². The molecule has 3 N–H and O–H groups in total. The Kier molecular flexibility index (Phi) is 9.55. The Morgan fingerprint density at radius 2 is 2.18 bits per heavy atom. The number of nitrogens with two attached hydrogens (primary N) is 1. The highest BCUT2D eigenvalue weighted by atomic mass is 35.5. The van der Waals surface area contributed by atoms with Crippen LogP contribution in [0.3, 0.4) is 0 Å². The molecule has 0 bridgehead atoms. The molecule has 0 aromatic carbocycles. The smallest absolute Gasteiger partial charge is 0.220 e. The van der Waals surface area contributed by atoms with Gasteiger partial charge in [0.05, 0.1) is 4.34 Å². The van der Waals surface area contributed by atoms with Crippen LogP contribution in [-0.4, -0.2) is 19.0 Å². The number of nitrogens with one attached hydrogen (secondary N) is 1. The van der Waals surface area contributed by atoms with Crippen LogP contribution in [0.25, 0.3) is 0 Å². The van der Waals surface area contributed by atoms with E-state index in [2.05, 4.69) is 5.32 Å². The molecule has 0 aliphatic carbocycles. The van der Waals surface area contributed by atoms with Gasteiger partial charge in [0, 0.05) is 17.8 Å². The summed E-state index contributed by atoms with van der Waals surface area (Å²) in [4.78, 5) is 12.6. The number of hydrogen-bond acceptors (Lipinski definition) is 3. The molecule has 1 amide bonds. The molecule has 0 unspecified atom stereocenters. The number of unbranched alkanes of at least 4 members (excludes halogenated alkanes) is 1. The first-order chi connectivity index (χ1) is 7.72. The van der Waals surface area contributed by atoms with Gasteiger partial charge in [-0.2, -0.15) is 0 Å². The van der Waals surface area contributed by atoms with E-state index in [1.807, 2.05) is 12.1 Å². The fourth-order valence-electron chi connectivity index (χ4n) is 1.31. The van der Waals surface area contributed by atoms with Crippen LogP contribution in [0, 0.1) is 0 Å². The van der Waals surface area contributed by atoms with Crippen LogP contribution in [0.2, 0.25) is 4.34 Å². The first-order valence-electron chi connectivity index (χ1n) is 5.43. The zero-order valence-electron chi connectivity index (χ0n) is 9.58. The number of carbonyl (C=O) groups excluding carboxylic acids is 1. The molecule has 1 aromatic rings. The summed E-state index contributed by atoms with van der Waals surface area (Å²) < 4.78 is 0.776. The summed E-state index contributed by atoms with van der Waals surface area (Å²) in [6.07, 6.45) is 3.20. The van der Waals surface area contributed by atoms with Crippen LogP contribution >= 0.6 is 35.3 Å². The Balaban J connectivity index is 0.00000256. The Morgan fingerprint density at radius 3 is 2.76 bits per heavy atom. The largest absolute Gasteiger partial charge is 0.356 e. The number of hydrogen-bond donors (Lipinski definition) is 2. The van der Waals surface area contributed by atoms with E-state index in [1.54, 1.807) is 0 Å². The van der Waals surface area contributed by atoms with Gasteiger partial charge in [0.25, 0.3) is 0 Å². The van der Waals surface area contributed by atoms with Crippen LogP contribution in [0.5, 0.6) is 0 Å². The monoisotopic (exact) mass is 296 g/mol. The van der Waals surface area contributed by atoms with E-state index < -0.39 is 0 Å². The fraction of sp³-hybridized carbons (Fsp3) is 0.545. The third kappa shape index (κ3) is 7.60. The van der Waals surface area contributed by atoms with Gasteiger partial charge in [-0.1, -0.05) is 11.6 Å². The van der Waals surface area contributed by atoms with Crippen molar-refractivity contribution in [2.24, 2.45) is 5.73 Å². The number of aryl methyl sites for hydroxylation is 1. The van der Waals surface area contributed by atoms with Crippen molar-refractivity contribution in [1.82, 2.24) is 5.32 Å². The van der Waals surface area contributed by atoms with Crippen molar-refractivity contribution in [1.29, 1.82) is 0 Å². The summed E-state index contributed by atoms with van der Waals surface area (Å²) in [5, 5.41) is 2.87. The number of carbonyl (C=O) groups is 1. The van der Waals surface area contributed by atoms with Gasteiger partial charge in [-0.15, -0.1) is 23.7 Å². The Hall–Kier alpha value is -0.290. The van der Waals surface area contributed by atoms with Gasteiger partial charge in [0.2, 0.25) is 5.91 Å². The summed E-state index contributed by atoms with van der Waals surface area (Å²) in [5.41, 5.74) is 5.36. The Morgan fingerprint density at radius 1 is 1.41 bits per heavy atom. The topological polar surface area (TPSA) is 55.1 Å². The molecule has 0 atom stereocenters. The van der Waals surface area contributed by atoms with Crippen molar-refractivity contribution < 1.29 is 4.79 Å². The average molecular weight is 297 g/mol. The van der Waals surface area contributed by atoms with Gasteiger partial charge < -0.3 is 11.1 Å². The lowest BCUT2D eigenvalue weighted by Crippen LogP contribution is -2.24. The van der Waals surface area contributed by atoms with Crippen LogP contribution in [-0.2, 0) is 11.2 Å². The SMILES string of the molecule is Cl.NCCCCNC(=O)CCc1ccc(Cl)s1. The standard InChI is InChI=1S/C11H17ClN2OS.ClH/c12-10-5-3-9(16-10)4-6-11(15)14-8-2-1-7-13;/h3,5H,1-2,4,6-8,13H2,(H,14,15);1H. The number of amides is 1. The summed E-state index contributed by atoms with van der Waals surface area (Å²) in [5.74, 6) is 0.0987. The van der Waals surface area contributed by atoms with Crippen molar-refractivity contribution in [3.63, 3.8) is 0 Å². The van der Waals surface area contributed by atoms with E-state index in [4.69, 9.17) is 17.3 Å². The summed E-state index contributed by atoms with van der Waals surface area (Å²) >= 11 is 7.33. The Bertz CT molecular complexity index is 331. The molecule has 3 nitrogen and oxygen atoms in total. The highest BCUT2D eigenvalue weighted by molar-refractivity contribution is 7.16. The van der Waals surface area contributed by atoms with Crippen LogP contribution in [0.1, 0.15) is 24.1 Å². The molecular formula is C11H18Cl2N2OS. The molecule has 0 fully saturated rings. The quantitative estimate of drug-likeness (QED) is 0.760. The third-order valence-electron chi connectivity index (χ3n) is 2.18. The first kappa shape index (κ1) is 16.7. The lowest BCUT2D eigenvalue weighted by Gasteiger charge is -2.03. The maximum Gasteiger partial charge on any atom is 0.220 e. The van der Waals surface area contributed by atoms with Gasteiger partial charge in [0.15, 0.2) is 0 Å².